The third-order valence-electron chi connectivity index (χ3n) is 3.46. The van der Waals surface area contributed by atoms with E-state index in [-0.39, 0.29) is 12.1 Å². The molecule has 0 spiro atoms. The first-order chi connectivity index (χ1) is 9.99. The summed E-state index contributed by atoms with van der Waals surface area (Å²) in [7, 11) is 0. The lowest BCUT2D eigenvalue weighted by Gasteiger charge is -2.09. The molecule has 0 bridgehead atoms. The molecule has 2 rings (SSSR count). The molecular formula is C14H16N4O3. The molecule has 0 atom stereocenters. The van der Waals surface area contributed by atoms with Crippen molar-refractivity contribution in [3.8, 4) is 6.07 Å². The van der Waals surface area contributed by atoms with Crippen LogP contribution < -0.4 is 11.2 Å². The standard InChI is InChI=1S/C14H16N4O3/c1-4-17-8-11(7-15)13(19)18(14(17)20)6-5-12-9(2)16-21-10(12)3/h8H,4-6H2,1-3H3. The Labute approximate surface area is 121 Å². The average molecular weight is 288 g/mol. The number of aryl methyl sites for hydroxylation is 3. The van der Waals surface area contributed by atoms with Gasteiger partial charge >= 0.3 is 5.69 Å². The van der Waals surface area contributed by atoms with Crippen LogP contribution in [0.15, 0.2) is 20.3 Å². The molecule has 2 heterocycles. The molecule has 0 fully saturated rings. The molecule has 110 valence electrons. The molecular weight excluding hydrogens is 272 g/mol. The minimum absolute atomic E-state index is 0.0322. The van der Waals surface area contributed by atoms with Crippen molar-refractivity contribution in [2.75, 3.05) is 0 Å². The molecule has 21 heavy (non-hydrogen) atoms. The molecule has 0 unspecified atom stereocenters. The Balaban J connectivity index is 2.43. The Kier molecular flexibility index (Phi) is 4.08. The highest BCUT2D eigenvalue weighted by atomic mass is 16.5. The molecule has 0 saturated carbocycles. The number of nitriles is 1. The summed E-state index contributed by atoms with van der Waals surface area (Å²) in [5.41, 5.74) is 0.627. The zero-order valence-corrected chi connectivity index (χ0v) is 12.2. The van der Waals surface area contributed by atoms with Gasteiger partial charge in [-0.1, -0.05) is 5.16 Å². The number of hydrogen-bond donors (Lipinski definition) is 0. The van der Waals surface area contributed by atoms with Crippen molar-refractivity contribution < 1.29 is 4.52 Å². The van der Waals surface area contributed by atoms with Crippen LogP contribution >= 0.6 is 0 Å². The van der Waals surface area contributed by atoms with Crippen molar-refractivity contribution in [2.45, 2.75) is 40.3 Å². The molecule has 0 aliphatic carbocycles. The Morgan fingerprint density at radius 2 is 2.10 bits per heavy atom. The number of nitrogens with zero attached hydrogens (tertiary/aromatic N) is 4. The highest BCUT2D eigenvalue weighted by Gasteiger charge is 2.13. The van der Waals surface area contributed by atoms with Gasteiger partial charge in [0.2, 0.25) is 0 Å². The smallest absolute Gasteiger partial charge is 0.331 e. The zero-order chi connectivity index (χ0) is 15.6. The average Bonchev–Trinajstić information content (AvgIpc) is 2.79. The first-order valence-electron chi connectivity index (χ1n) is 6.65. The maximum atomic E-state index is 12.2. The van der Waals surface area contributed by atoms with Crippen LogP contribution in [-0.4, -0.2) is 14.3 Å². The van der Waals surface area contributed by atoms with Crippen LogP contribution in [0.4, 0.5) is 0 Å². The van der Waals surface area contributed by atoms with E-state index in [4.69, 9.17) is 9.78 Å². The summed E-state index contributed by atoms with van der Waals surface area (Å²) in [6.45, 7) is 5.97. The summed E-state index contributed by atoms with van der Waals surface area (Å²) in [5.74, 6) is 0.674. The third-order valence-corrected chi connectivity index (χ3v) is 3.46. The lowest BCUT2D eigenvalue weighted by Crippen LogP contribution is -2.41. The number of hydrogen-bond acceptors (Lipinski definition) is 5. The largest absolute Gasteiger partial charge is 0.361 e. The molecule has 0 aliphatic rings. The van der Waals surface area contributed by atoms with Gasteiger partial charge in [0.05, 0.1) is 5.69 Å². The van der Waals surface area contributed by atoms with Gasteiger partial charge in [-0.05, 0) is 27.2 Å². The van der Waals surface area contributed by atoms with E-state index in [0.29, 0.717) is 18.7 Å². The van der Waals surface area contributed by atoms with Crippen LogP contribution in [0, 0.1) is 25.2 Å². The van der Waals surface area contributed by atoms with Gasteiger partial charge in [0.15, 0.2) is 0 Å². The quantitative estimate of drug-likeness (QED) is 0.827. The molecule has 0 saturated heterocycles. The maximum absolute atomic E-state index is 12.2. The third kappa shape index (κ3) is 2.65. The van der Waals surface area contributed by atoms with Crippen LogP contribution in [0.25, 0.3) is 0 Å². The minimum atomic E-state index is -0.557. The molecule has 0 aromatic carbocycles. The van der Waals surface area contributed by atoms with Crippen LogP contribution in [0.2, 0.25) is 0 Å². The van der Waals surface area contributed by atoms with Crippen molar-refractivity contribution in [3.63, 3.8) is 0 Å². The molecule has 0 radical (unpaired) electrons. The number of aromatic nitrogens is 3. The Bertz CT molecular complexity index is 801. The van der Waals surface area contributed by atoms with E-state index in [1.165, 1.54) is 10.8 Å². The minimum Gasteiger partial charge on any atom is -0.361 e. The number of rotatable bonds is 4. The highest BCUT2D eigenvalue weighted by Crippen LogP contribution is 2.12. The Hall–Kier alpha value is -2.62. The van der Waals surface area contributed by atoms with Crippen LogP contribution in [0.3, 0.4) is 0 Å². The van der Waals surface area contributed by atoms with Gasteiger partial charge in [-0.25, -0.2) is 4.79 Å². The summed E-state index contributed by atoms with van der Waals surface area (Å²) < 4.78 is 7.51. The lowest BCUT2D eigenvalue weighted by molar-refractivity contribution is 0.392. The Morgan fingerprint density at radius 1 is 1.38 bits per heavy atom. The molecule has 0 amide bonds. The molecule has 0 aliphatic heterocycles. The molecule has 7 nitrogen and oxygen atoms in total. The second-order valence-corrected chi connectivity index (χ2v) is 4.73. The molecule has 7 heteroatoms. The lowest BCUT2D eigenvalue weighted by atomic mass is 10.1. The maximum Gasteiger partial charge on any atom is 0.331 e. The molecule has 2 aromatic heterocycles. The van der Waals surface area contributed by atoms with Crippen molar-refractivity contribution in [1.82, 2.24) is 14.3 Å². The van der Waals surface area contributed by atoms with Gasteiger partial charge in [0.1, 0.15) is 17.4 Å². The van der Waals surface area contributed by atoms with E-state index in [1.54, 1.807) is 13.8 Å². The van der Waals surface area contributed by atoms with Gasteiger partial charge in [-0.2, -0.15) is 5.26 Å². The summed E-state index contributed by atoms with van der Waals surface area (Å²) in [4.78, 5) is 24.3. The van der Waals surface area contributed by atoms with E-state index in [0.717, 1.165) is 15.8 Å². The van der Waals surface area contributed by atoms with E-state index in [1.807, 2.05) is 13.0 Å². The predicted molar refractivity (Wildman–Crippen MR) is 75.0 cm³/mol. The van der Waals surface area contributed by atoms with Gasteiger partial charge in [0.25, 0.3) is 5.56 Å². The van der Waals surface area contributed by atoms with Crippen molar-refractivity contribution in [1.29, 1.82) is 5.26 Å². The first-order valence-corrected chi connectivity index (χ1v) is 6.65. The van der Waals surface area contributed by atoms with Crippen molar-refractivity contribution in [2.24, 2.45) is 0 Å². The molecule has 0 N–H and O–H groups in total. The second kappa shape index (κ2) is 5.79. The first kappa shape index (κ1) is 14.8. The van der Waals surface area contributed by atoms with E-state index in [9.17, 15) is 9.59 Å². The SMILES string of the molecule is CCn1cc(C#N)c(=O)n(CCc2c(C)noc2C)c1=O. The summed E-state index contributed by atoms with van der Waals surface area (Å²) in [5, 5.41) is 12.8. The van der Waals surface area contributed by atoms with Gasteiger partial charge in [0, 0.05) is 24.8 Å². The highest BCUT2D eigenvalue weighted by molar-refractivity contribution is 5.23. The topological polar surface area (TPSA) is 93.8 Å². The fourth-order valence-corrected chi connectivity index (χ4v) is 2.24. The van der Waals surface area contributed by atoms with Crippen molar-refractivity contribution >= 4 is 0 Å². The Morgan fingerprint density at radius 3 is 2.62 bits per heavy atom. The summed E-state index contributed by atoms with van der Waals surface area (Å²) in [6, 6.07) is 1.83. The van der Waals surface area contributed by atoms with Crippen LogP contribution in [0.5, 0.6) is 0 Å². The van der Waals surface area contributed by atoms with E-state index in [2.05, 4.69) is 5.16 Å². The van der Waals surface area contributed by atoms with E-state index < -0.39 is 11.2 Å². The second-order valence-electron chi connectivity index (χ2n) is 4.73. The van der Waals surface area contributed by atoms with Crippen molar-refractivity contribution in [3.05, 3.63) is 49.6 Å². The van der Waals surface area contributed by atoms with Gasteiger partial charge in [-0.3, -0.25) is 13.9 Å². The fraction of sp³-hybridized carbons (Fsp3) is 0.429. The van der Waals surface area contributed by atoms with Gasteiger partial charge < -0.3 is 4.52 Å². The molecule has 2 aromatic rings. The van der Waals surface area contributed by atoms with E-state index >= 15 is 0 Å². The normalized spacial score (nSPS) is 10.6. The zero-order valence-electron chi connectivity index (χ0n) is 12.2. The van der Waals surface area contributed by atoms with Crippen LogP contribution in [0.1, 0.15) is 29.5 Å². The van der Waals surface area contributed by atoms with Crippen LogP contribution in [-0.2, 0) is 19.5 Å². The monoisotopic (exact) mass is 288 g/mol. The summed E-state index contributed by atoms with van der Waals surface area (Å²) in [6.07, 6.45) is 1.76. The fourth-order valence-electron chi connectivity index (χ4n) is 2.24. The van der Waals surface area contributed by atoms with Gasteiger partial charge in [-0.15, -0.1) is 0 Å². The summed E-state index contributed by atoms with van der Waals surface area (Å²) >= 11 is 0. The predicted octanol–water partition coefficient (Wildman–Crippen LogP) is 0.749.